The SMILES string of the molecule is CCOC(=O)CC(C)N1CCC(C)(C(N)=O)C1. The van der Waals surface area contributed by atoms with E-state index in [2.05, 4.69) is 4.90 Å². The summed E-state index contributed by atoms with van der Waals surface area (Å²) in [7, 11) is 0. The number of carbonyl (C=O) groups is 2. The summed E-state index contributed by atoms with van der Waals surface area (Å²) in [6.07, 6.45) is 1.12. The van der Waals surface area contributed by atoms with Crippen LogP contribution in [0.25, 0.3) is 0 Å². The minimum absolute atomic E-state index is 0.0928. The quantitative estimate of drug-likeness (QED) is 0.714. The molecule has 17 heavy (non-hydrogen) atoms. The summed E-state index contributed by atoms with van der Waals surface area (Å²) >= 11 is 0. The van der Waals surface area contributed by atoms with Crippen LogP contribution in [0.5, 0.6) is 0 Å². The van der Waals surface area contributed by atoms with Gasteiger partial charge >= 0.3 is 5.97 Å². The first-order valence-corrected chi connectivity index (χ1v) is 6.08. The molecule has 1 aliphatic heterocycles. The van der Waals surface area contributed by atoms with Gasteiger partial charge in [0.25, 0.3) is 0 Å². The van der Waals surface area contributed by atoms with Gasteiger partial charge in [0.05, 0.1) is 18.4 Å². The van der Waals surface area contributed by atoms with Gasteiger partial charge in [-0.15, -0.1) is 0 Å². The molecule has 5 nitrogen and oxygen atoms in total. The number of nitrogens with two attached hydrogens (primary N) is 1. The van der Waals surface area contributed by atoms with Gasteiger partial charge in [-0.25, -0.2) is 0 Å². The first-order chi connectivity index (χ1) is 7.89. The Hall–Kier alpha value is -1.10. The second-order valence-corrected chi connectivity index (χ2v) is 5.00. The molecule has 1 fully saturated rings. The first-order valence-electron chi connectivity index (χ1n) is 6.08. The van der Waals surface area contributed by atoms with Gasteiger partial charge in [-0.3, -0.25) is 14.5 Å². The maximum absolute atomic E-state index is 11.4. The summed E-state index contributed by atoms with van der Waals surface area (Å²) in [6, 6.07) is 0.0928. The Balaban J connectivity index is 2.48. The third kappa shape index (κ3) is 3.43. The lowest BCUT2D eigenvalue weighted by Gasteiger charge is -2.25. The van der Waals surface area contributed by atoms with Gasteiger partial charge in [-0.1, -0.05) is 0 Å². The van der Waals surface area contributed by atoms with Crippen molar-refractivity contribution in [3.8, 4) is 0 Å². The van der Waals surface area contributed by atoms with Crippen LogP contribution in [0.1, 0.15) is 33.6 Å². The van der Waals surface area contributed by atoms with Gasteiger partial charge in [0.15, 0.2) is 0 Å². The standard InChI is InChI=1S/C12H22N2O3/c1-4-17-10(15)7-9(2)14-6-5-12(3,8-14)11(13)16/h9H,4-8H2,1-3H3,(H2,13,16). The van der Waals surface area contributed by atoms with Crippen LogP contribution < -0.4 is 5.73 Å². The van der Waals surface area contributed by atoms with Crippen molar-refractivity contribution in [3.05, 3.63) is 0 Å². The van der Waals surface area contributed by atoms with Crippen molar-refractivity contribution in [3.63, 3.8) is 0 Å². The molecular formula is C12H22N2O3. The molecule has 2 unspecified atom stereocenters. The van der Waals surface area contributed by atoms with E-state index in [4.69, 9.17) is 10.5 Å². The van der Waals surface area contributed by atoms with E-state index in [9.17, 15) is 9.59 Å². The second kappa shape index (κ2) is 5.49. The topological polar surface area (TPSA) is 72.6 Å². The zero-order chi connectivity index (χ0) is 13.1. The van der Waals surface area contributed by atoms with Crippen LogP contribution in [0.4, 0.5) is 0 Å². The minimum Gasteiger partial charge on any atom is -0.466 e. The highest BCUT2D eigenvalue weighted by Gasteiger charge is 2.40. The molecule has 0 aliphatic carbocycles. The number of carbonyl (C=O) groups excluding carboxylic acids is 2. The van der Waals surface area contributed by atoms with Crippen LogP contribution in [0.3, 0.4) is 0 Å². The van der Waals surface area contributed by atoms with Crippen LogP contribution in [-0.2, 0) is 14.3 Å². The number of esters is 1. The minimum atomic E-state index is -0.455. The van der Waals surface area contributed by atoms with Crippen molar-refractivity contribution in [1.82, 2.24) is 4.90 Å². The summed E-state index contributed by atoms with van der Waals surface area (Å²) in [5.74, 6) is -0.448. The molecule has 0 radical (unpaired) electrons. The Kier molecular flexibility index (Phi) is 4.51. The Morgan fingerprint density at radius 1 is 1.53 bits per heavy atom. The fourth-order valence-corrected chi connectivity index (χ4v) is 2.16. The van der Waals surface area contributed by atoms with Crippen molar-refractivity contribution in [2.45, 2.75) is 39.7 Å². The maximum atomic E-state index is 11.4. The average molecular weight is 242 g/mol. The molecule has 2 atom stereocenters. The molecule has 1 saturated heterocycles. The molecule has 0 spiro atoms. The molecule has 0 bridgehead atoms. The number of hydrogen-bond acceptors (Lipinski definition) is 4. The molecule has 0 saturated carbocycles. The van der Waals surface area contributed by atoms with E-state index < -0.39 is 5.41 Å². The van der Waals surface area contributed by atoms with E-state index in [0.717, 1.165) is 13.0 Å². The average Bonchev–Trinajstić information content (AvgIpc) is 2.62. The third-order valence-electron chi connectivity index (χ3n) is 3.49. The summed E-state index contributed by atoms with van der Waals surface area (Å²) in [4.78, 5) is 24.8. The molecule has 0 aromatic heterocycles. The molecule has 0 aromatic carbocycles. The number of primary amides is 1. The largest absolute Gasteiger partial charge is 0.466 e. The summed E-state index contributed by atoms with van der Waals surface area (Å²) in [5, 5.41) is 0. The number of rotatable bonds is 5. The zero-order valence-corrected chi connectivity index (χ0v) is 10.9. The highest BCUT2D eigenvalue weighted by atomic mass is 16.5. The molecule has 5 heteroatoms. The molecule has 2 N–H and O–H groups in total. The van der Waals surface area contributed by atoms with E-state index >= 15 is 0 Å². The van der Waals surface area contributed by atoms with Gasteiger partial charge in [0.2, 0.25) is 5.91 Å². The van der Waals surface area contributed by atoms with Gasteiger partial charge in [0, 0.05) is 12.6 Å². The molecule has 1 rings (SSSR count). The number of nitrogens with zero attached hydrogens (tertiary/aromatic N) is 1. The zero-order valence-electron chi connectivity index (χ0n) is 10.9. The third-order valence-corrected chi connectivity index (χ3v) is 3.49. The van der Waals surface area contributed by atoms with Crippen LogP contribution in [-0.4, -0.2) is 42.5 Å². The fraction of sp³-hybridized carbons (Fsp3) is 0.833. The molecular weight excluding hydrogens is 220 g/mol. The second-order valence-electron chi connectivity index (χ2n) is 5.00. The maximum Gasteiger partial charge on any atom is 0.307 e. The van der Waals surface area contributed by atoms with Gasteiger partial charge in [-0.05, 0) is 33.7 Å². The van der Waals surface area contributed by atoms with E-state index in [1.165, 1.54) is 0 Å². The van der Waals surface area contributed by atoms with E-state index in [1.54, 1.807) is 6.92 Å². The monoisotopic (exact) mass is 242 g/mol. The first kappa shape index (κ1) is 14.0. The Morgan fingerprint density at radius 2 is 2.18 bits per heavy atom. The molecule has 0 aromatic rings. The molecule has 98 valence electrons. The lowest BCUT2D eigenvalue weighted by molar-refractivity contribution is -0.144. The lowest BCUT2D eigenvalue weighted by Crippen LogP contribution is -2.40. The van der Waals surface area contributed by atoms with Crippen molar-refractivity contribution in [1.29, 1.82) is 0 Å². The van der Waals surface area contributed by atoms with Gasteiger partial charge in [-0.2, -0.15) is 0 Å². The van der Waals surface area contributed by atoms with Crippen LogP contribution in [0, 0.1) is 5.41 Å². The summed E-state index contributed by atoms with van der Waals surface area (Å²) in [5.41, 5.74) is 4.93. The van der Waals surface area contributed by atoms with Gasteiger partial charge < -0.3 is 10.5 Å². The fourth-order valence-electron chi connectivity index (χ4n) is 2.16. The molecule has 1 aliphatic rings. The number of ether oxygens (including phenoxy) is 1. The normalized spacial score (nSPS) is 26.8. The predicted octanol–water partition coefficient (Wildman–Crippen LogP) is 0.525. The Bertz CT molecular complexity index is 306. The summed E-state index contributed by atoms with van der Waals surface area (Å²) < 4.78 is 4.91. The van der Waals surface area contributed by atoms with E-state index in [0.29, 0.717) is 19.6 Å². The number of hydrogen-bond donors (Lipinski definition) is 1. The highest BCUT2D eigenvalue weighted by molar-refractivity contribution is 5.81. The Morgan fingerprint density at radius 3 is 2.65 bits per heavy atom. The summed E-state index contributed by atoms with van der Waals surface area (Å²) in [6.45, 7) is 7.49. The smallest absolute Gasteiger partial charge is 0.307 e. The van der Waals surface area contributed by atoms with E-state index in [1.807, 2.05) is 13.8 Å². The lowest BCUT2D eigenvalue weighted by atomic mass is 9.89. The molecule has 1 amide bonds. The van der Waals surface area contributed by atoms with Crippen molar-refractivity contribution < 1.29 is 14.3 Å². The van der Waals surface area contributed by atoms with E-state index in [-0.39, 0.29) is 17.9 Å². The molecule has 1 heterocycles. The van der Waals surface area contributed by atoms with Crippen molar-refractivity contribution in [2.75, 3.05) is 19.7 Å². The predicted molar refractivity (Wildman–Crippen MR) is 64.2 cm³/mol. The van der Waals surface area contributed by atoms with Crippen molar-refractivity contribution in [2.24, 2.45) is 11.1 Å². The van der Waals surface area contributed by atoms with Crippen LogP contribution >= 0.6 is 0 Å². The Labute approximate surface area is 102 Å². The van der Waals surface area contributed by atoms with Crippen LogP contribution in [0.15, 0.2) is 0 Å². The van der Waals surface area contributed by atoms with Gasteiger partial charge in [0.1, 0.15) is 0 Å². The van der Waals surface area contributed by atoms with Crippen LogP contribution in [0.2, 0.25) is 0 Å². The number of likely N-dealkylation sites (tertiary alicyclic amines) is 1. The highest BCUT2D eigenvalue weighted by Crippen LogP contribution is 2.31. The number of amides is 1. The van der Waals surface area contributed by atoms with Crippen molar-refractivity contribution >= 4 is 11.9 Å².